The average molecular weight is 416 g/mol. The van der Waals surface area contributed by atoms with Crippen molar-refractivity contribution < 1.29 is 9.59 Å². The molecule has 158 valence electrons. The Bertz CT molecular complexity index is 1090. The molecule has 3 heterocycles. The maximum Gasteiger partial charge on any atom is 0.252 e. The lowest BCUT2D eigenvalue weighted by molar-refractivity contribution is -0.117. The molecular formula is C23H24N6O2. The fraction of sp³-hybridized carbons (Fsp3) is 0.304. The molecule has 1 saturated carbocycles. The molecule has 5 rings (SSSR count). The van der Waals surface area contributed by atoms with Crippen molar-refractivity contribution in [3.05, 3.63) is 72.2 Å². The lowest BCUT2D eigenvalue weighted by Gasteiger charge is -2.29. The molecule has 2 aromatic heterocycles. The van der Waals surface area contributed by atoms with Gasteiger partial charge in [-0.3, -0.25) is 14.3 Å². The van der Waals surface area contributed by atoms with E-state index >= 15 is 0 Å². The zero-order valence-corrected chi connectivity index (χ0v) is 17.1. The van der Waals surface area contributed by atoms with Crippen LogP contribution in [-0.4, -0.2) is 39.7 Å². The molecule has 8 heteroatoms. The SMILES string of the molecule is O=C(NCC1(Cn2cccn2)CC1)c1cnc2c(c1)N(Cc1ccccc1)C(=O)CN2. The van der Waals surface area contributed by atoms with Gasteiger partial charge >= 0.3 is 0 Å². The number of carbonyl (C=O) groups is 2. The zero-order valence-electron chi connectivity index (χ0n) is 17.1. The van der Waals surface area contributed by atoms with Crippen molar-refractivity contribution in [2.45, 2.75) is 25.9 Å². The van der Waals surface area contributed by atoms with Crippen LogP contribution >= 0.6 is 0 Å². The molecule has 0 radical (unpaired) electrons. The fourth-order valence-corrected chi connectivity index (χ4v) is 3.92. The van der Waals surface area contributed by atoms with Gasteiger partial charge in [-0.1, -0.05) is 30.3 Å². The molecule has 1 aliphatic carbocycles. The van der Waals surface area contributed by atoms with Crippen LogP contribution in [0.2, 0.25) is 0 Å². The molecule has 1 fully saturated rings. The van der Waals surface area contributed by atoms with Crippen LogP contribution in [0.1, 0.15) is 28.8 Å². The lowest BCUT2D eigenvalue weighted by atomic mass is 10.1. The van der Waals surface area contributed by atoms with E-state index in [-0.39, 0.29) is 23.8 Å². The van der Waals surface area contributed by atoms with Crippen LogP contribution in [-0.2, 0) is 17.9 Å². The van der Waals surface area contributed by atoms with Crippen molar-refractivity contribution in [1.82, 2.24) is 20.1 Å². The molecule has 0 unspecified atom stereocenters. The predicted molar refractivity (Wildman–Crippen MR) is 117 cm³/mol. The van der Waals surface area contributed by atoms with E-state index < -0.39 is 0 Å². The van der Waals surface area contributed by atoms with Crippen molar-refractivity contribution in [3.63, 3.8) is 0 Å². The molecule has 1 aliphatic heterocycles. The summed E-state index contributed by atoms with van der Waals surface area (Å²) < 4.78 is 1.92. The summed E-state index contributed by atoms with van der Waals surface area (Å²) in [5.74, 6) is 0.385. The third kappa shape index (κ3) is 4.14. The highest BCUT2D eigenvalue weighted by Gasteiger charge is 2.43. The Morgan fingerprint density at radius 1 is 1.19 bits per heavy atom. The molecule has 2 amide bonds. The first-order valence-electron chi connectivity index (χ1n) is 10.5. The van der Waals surface area contributed by atoms with Crippen LogP contribution in [0, 0.1) is 5.41 Å². The van der Waals surface area contributed by atoms with Crippen LogP contribution in [0.5, 0.6) is 0 Å². The van der Waals surface area contributed by atoms with Gasteiger partial charge in [0, 0.05) is 37.1 Å². The number of nitrogens with zero attached hydrogens (tertiary/aromatic N) is 4. The van der Waals surface area contributed by atoms with E-state index in [0.29, 0.717) is 30.2 Å². The Morgan fingerprint density at radius 2 is 2.03 bits per heavy atom. The molecule has 0 spiro atoms. The number of amides is 2. The first kappa shape index (κ1) is 19.3. The lowest BCUT2D eigenvalue weighted by Crippen LogP contribution is -2.40. The Kier molecular flexibility index (Phi) is 4.89. The Morgan fingerprint density at radius 3 is 2.77 bits per heavy atom. The highest BCUT2D eigenvalue weighted by atomic mass is 16.2. The minimum atomic E-state index is -0.181. The quantitative estimate of drug-likeness (QED) is 0.617. The molecule has 1 aromatic carbocycles. The first-order valence-corrected chi connectivity index (χ1v) is 10.5. The monoisotopic (exact) mass is 416 g/mol. The van der Waals surface area contributed by atoms with Gasteiger partial charge in [-0.2, -0.15) is 5.10 Å². The average Bonchev–Trinajstić information content (AvgIpc) is 3.37. The normalized spacial score (nSPS) is 16.4. The second-order valence-electron chi connectivity index (χ2n) is 8.30. The van der Waals surface area contributed by atoms with E-state index in [1.165, 1.54) is 0 Å². The predicted octanol–water partition coefficient (Wildman–Crippen LogP) is 2.45. The number of hydrogen-bond acceptors (Lipinski definition) is 5. The second-order valence-corrected chi connectivity index (χ2v) is 8.30. The summed E-state index contributed by atoms with van der Waals surface area (Å²) in [6, 6.07) is 13.5. The summed E-state index contributed by atoms with van der Waals surface area (Å²) in [6.45, 7) is 2.02. The minimum Gasteiger partial charge on any atom is -0.359 e. The number of rotatable bonds is 7. The smallest absolute Gasteiger partial charge is 0.252 e. The third-order valence-corrected chi connectivity index (χ3v) is 5.95. The van der Waals surface area contributed by atoms with Crippen LogP contribution in [0.4, 0.5) is 11.5 Å². The molecule has 2 N–H and O–H groups in total. The van der Waals surface area contributed by atoms with Gasteiger partial charge < -0.3 is 15.5 Å². The summed E-state index contributed by atoms with van der Waals surface area (Å²) in [7, 11) is 0. The van der Waals surface area contributed by atoms with E-state index in [2.05, 4.69) is 20.7 Å². The minimum absolute atomic E-state index is 0.0492. The fourth-order valence-electron chi connectivity index (χ4n) is 3.92. The van der Waals surface area contributed by atoms with E-state index in [1.807, 2.05) is 47.3 Å². The molecule has 0 saturated heterocycles. The highest BCUT2D eigenvalue weighted by Crippen LogP contribution is 2.46. The molecule has 31 heavy (non-hydrogen) atoms. The van der Waals surface area contributed by atoms with Crippen molar-refractivity contribution in [2.75, 3.05) is 23.3 Å². The zero-order chi connectivity index (χ0) is 21.3. The van der Waals surface area contributed by atoms with E-state index in [4.69, 9.17) is 0 Å². The maximum absolute atomic E-state index is 12.9. The number of aromatic nitrogens is 3. The number of fused-ring (bicyclic) bond motifs is 1. The number of pyridine rings is 1. The van der Waals surface area contributed by atoms with Crippen molar-refractivity contribution in [1.29, 1.82) is 0 Å². The van der Waals surface area contributed by atoms with Crippen LogP contribution in [0.15, 0.2) is 61.1 Å². The van der Waals surface area contributed by atoms with E-state index in [9.17, 15) is 9.59 Å². The number of benzene rings is 1. The van der Waals surface area contributed by atoms with Crippen molar-refractivity contribution >= 4 is 23.3 Å². The van der Waals surface area contributed by atoms with Gasteiger partial charge in [-0.05, 0) is 30.5 Å². The summed E-state index contributed by atoms with van der Waals surface area (Å²) in [6.07, 6.45) is 7.41. The summed E-state index contributed by atoms with van der Waals surface area (Å²) >= 11 is 0. The number of nitrogens with one attached hydrogen (secondary N) is 2. The Labute approximate surface area is 180 Å². The van der Waals surface area contributed by atoms with Gasteiger partial charge in [-0.25, -0.2) is 4.98 Å². The number of hydrogen-bond donors (Lipinski definition) is 2. The Hall–Kier alpha value is -3.68. The third-order valence-electron chi connectivity index (χ3n) is 5.95. The van der Waals surface area contributed by atoms with Gasteiger partial charge in [0.15, 0.2) is 5.82 Å². The molecule has 0 atom stereocenters. The van der Waals surface area contributed by atoms with Crippen LogP contribution in [0.25, 0.3) is 0 Å². The molecule has 2 aliphatic rings. The van der Waals surface area contributed by atoms with Crippen LogP contribution < -0.4 is 15.5 Å². The van der Waals surface area contributed by atoms with E-state index in [1.54, 1.807) is 23.4 Å². The first-order chi connectivity index (χ1) is 15.1. The molecule has 3 aromatic rings. The largest absolute Gasteiger partial charge is 0.359 e. The van der Waals surface area contributed by atoms with E-state index in [0.717, 1.165) is 24.9 Å². The second kappa shape index (κ2) is 7.86. The van der Waals surface area contributed by atoms with Crippen molar-refractivity contribution in [3.8, 4) is 0 Å². The van der Waals surface area contributed by atoms with Gasteiger partial charge in [0.1, 0.15) is 0 Å². The number of anilines is 2. The summed E-state index contributed by atoms with van der Waals surface area (Å²) in [4.78, 5) is 31.5. The molecular weight excluding hydrogens is 392 g/mol. The summed E-state index contributed by atoms with van der Waals surface area (Å²) in [5.41, 5.74) is 2.17. The molecule has 8 nitrogen and oxygen atoms in total. The van der Waals surface area contributed by atoms with Gasteiger partial charge in [0.2, 0.25) is 5.91 Å². The van der Waals surface area contributed by atoms with Gasteiger partial charge in [0.05, 0.1) is 24.3 Å². The van der Waals surface area contributed by atoms with Gasteiger partial charge in [0.25, 0.3) is 5.91 Å². The van der Waals surface area contributed by atoms with Gasteiger partial charge in [-0.15, -0.1) is 0 Å². The Balaban J connectivity index is 1.30. The standard InChI is InChI=1S/C23H24N6O2/c30-20-13-25-21-19(29(20)14-17-5-2-1-3-6-17)11-18(12-24-21)22(31)26-15-23(7-8-23)16-28-10-4-9-27-28/h1-6,9-12H,7-8,13-16H2,(H,24,25)(H,26,31). The summed E-state index contributed by atoms with van der Waals surface area (Å²) in [5, 5.41) is 10.4. The van der Waals surface area contributed by atoms with Crippen LogP contribution in [0.3, 0.4) is 0 Å². The maximum atomic E-state index is 12.9. The highest BCUT2D eigenvalue weighted by molar-refractivity contribution is 6.04. The van der Waals surface area contributed by atoms with Crippen molar-refractivity contribution in [2.24, 2.45) is 5.41 Å². The number of carbonyl (C=O) groups excluding carboxylic acids is 2. The molecule has 0 bridgehead atoms. The topological polar surface area (TPSA) is 92.2 Å².